The first-order valence-electron chi connectivity index (χ1n) is 8.57. The minimum absolute atomic E-state index is 0.0395. The third kappa shape index (κ3) is 2.84. The molecule has 2 aliphatic rings. The molecule has 3 heterocycles. The standard InChI is InChI=1S/C19H20N4O2/c20-19(25)14-9-12-13(15-5-1-2-6-21-15)10-18(24)22-16(12)11-17(14)23-7-3-4-8-23/h1-2,5-6,9,11,13H,3-4,7-8,10H2,(H2,20,25)(H,22,24). The first kappa shape index (κ1) is 15.6. The minimum Gasteiger partial charge on any atom is -0.371 e. The summed E-state index contributed by atoms with van der Waals surface area (Å²) in [6, 6.07) is 9.39. The van der Waals surface area contributed by atoms with Gasteiger partial charge in [0.1, 0.15) is 0 Å². The van der Waals surface area contributed by atoms with Crippen molar-refractivity contribution in [3.63, 3.8) is 0 Å². The fraction of sp³-hybridized carbons (Fsp3) is 0.316. The van der Waals surface area contributed by atoms with E-state index in [4.69, 9.17) is 5.73 Å². The number of hydrogen-bond acceptors (Lipinski definition) is 4. The van der Waals surface area contributed by atoms with Crippen molar-refractivity contribution in [1.82, 2.24) is 4.98 Å². The molecular formula is C19H20N4O2. The Morgan fingerprint density at radius 1 is 1.24 bits per heavy atom. The molecule has 0 bridgehead atoms. The number of anilines is 2. The van der Waals surface area contributed by atoms with E-state index in [2.05, 4.69) is 15.2 Å². The number of fused-ring (bicyclic) bond motifs is 1. The zero-order valence-electron chi connectivity index (χ0n) is 13.9. The van der Waals surface area contributed by atoms with Gasteiger partial charge in [0.05, 0.1) is 11.3 Å². The lowest BCUT2D eigenvalue weighted by atomic mass is 9.86. The maximum absolute atomic E-state index is 12.2. The lowest BCUT2D eigenvalue weighted by Gasteiger charge is -2.29. The third-order valence-corrected chi connectivity index (χ3v) is 4.96. The predicted molar refractivity (Wildman–Crippen MR) is 95.7 cm³/mol. The smallest absolute Gasteiger partial charge is 0.250 e. The number of pyridine rings is 1. The Kier molecular flexibility index (Phi) is 3.87. The van der Waals surface area contributed by atoms with Gasteiger partial charge >= 0.3 is 0 Å². The molecular weight excluding hydrogens is 316 g/mol. The molecule has 128 valence electrons. The van der Waals surface area contributed by atoms with Crippen LogP contribution < -0.4 is 16.0 Å². The molecule has 1 aromatic heterocycles. The van der Waals surface area contributed by atoms with Gasteiger partial charge in [-0.3, -0.25) is 14.6 Å². The maximum atomic E-state index is 12.2. The van der Waals surface area contributed by atoms with E-state index >= 15 is 0 Å². The Balaban J connectivity index is 1.85. The molecule has 1 unspecified atom stereocenters. The number of aromatic nitrogens is 1. The molecule has 25 heavy (non-hydrogen) atoms. The Hall–Kier alpha value is -2.89. The van der Waals surface area contributed by atoms with Crippen LogP contribution in [0.1, 0.15) is 46.8 Å². The molecule has 1 fully saturated rings. The lowest BCUT2D eigenvalue weighted by molar-refractivity contribution is -0.116. The molecule has 4 rings (SSSR count). The van der Waals surface area contributed by atoms with Gasteiger partial charge < -0.3 is 16.0 Å². The van der Waals surface area contributed by atoms with Crippen LogP contribution in [0.3, 0.4) is 0 Å². The molecule has 1 saturated heterocycles. The van der Waals surface area contributed by atoms with Gasteiger partial charge in [0.25, 0.3) is 5.91 Å². The van der Waals surface area contributed by atoms with Gasteiger partial charge in [-0.25, -0.2) is 0 Å². The van der Waals surface area contributed by atoms with E-state index in [0.29, 0.717) is 12.0 Å². The van der Waals surface area contributed by atoms with Crippen molar-refractivity contribution in [3.05, 3.63) is 53.3 Å². The zero-order valence-corrected chi connectivity index (χ0v) is 13.9. The normalized spacial score (nSPS) is 19.4. The second-order valence-electron chi connectivity index (χ2n) is 6.57. The Morgan fingerprint density at radius 2 is 2.04 bits per heavy atom. The molecule has 2 aliphatic heterocycles. The molecule has 2 aromatic rings. The average Bonchev–Trinajstić information content (AvgIpc) is 3.15. The fourth-order valence-electron chi connectivity index (χ4n) is 3.76. The molecule has 0 aliphatic carbocycles. The van der Waals surface area contributed by atoms with E-state index in [0.717, 1.165) is 48.6 Å². The Bertz CT molecular complexity index is 829. The number of carbonyl (C=O) groups excluding carboxylic acids is 2. The fourth-order valence-corrected chi connectivity index (χ4v) is 3.76. The summed E-state index contributed by atoms with van der Waals surface area (Å²) in [4.78, 5) is 30.8. The zero-order chi connectivity index (χ0) is 17.4. The van der Waals surface area contributed by atoms with E-state index in [1.165, 1.54) is 0 Å². The van der Waals surface area contributed by atoms with E-state index in [9.17, 15) is 9.59 Å². The largest absolute Gasteiger partial charge is 0.371 e. The van der Waals surface area contributed by atoms with Crippen LogP contribution in [0.5, 0.6) is 0 Å². The highest BCUT2D eigenvalue weighted by Crippen LogP contribution is 2.40. The van der Waals surface area contributed by atoms with E-state index in [1.807, 2.05) is 30.3 Å². The van der Waals surface area contributed by atoms with Gasteiger partial charge in [0.2, 0.25) is 5.91 Å². The summed E-state index contributed by atoms with van der Waals surface area (Å²) < 4.78 is 0. The lowest BCUT2D eigenvalue weighted by Crippen LogP contribution is -2.28. The number of nitrogens with two attached hydrogens (primary N) is 1. The highest BCUT2D eigenvalue weighted by molar-refractivity contribution is 6.02. The summed E-state index contributed by atoms with van der Waals surface area (Å²) in [6.07, 6.45) is 4.22. The van der Waals surface area contributed by atoms with Crippen LogP contribution in [0.25, 0.3) is 0 Å². The van der Waals surface area contributed by atoms with Crippen LogP contribution in [0.15, 0.2) is 36.5 Å². The average molecular weight is 336 g/mol. The number of carbonyl (C=O) groups is 2. The number of nitrogens with one attached hydrogen (secondary N) is 1. The van der Waals surface area contributed by atoms with Crippen LogP contribution in [0.4, 0.5) is 11.4 Å². The Morgan fingerprint density at radius 3 is 2.72 bits per heavy atom. The maximum Gasteiger partial charge on any atom is 0.250 e. The summed E-state index contributed by atoms with van der Waals surface area (Å²) in [6.45, 7) is 1.80. The van der Waals surface area contributed by atoms with Gasteiger partial charge in [-0.2, -0.15) is 0 Å². The quantitative estimate of drug-likeness (QED) is 0.900. The van der Waals surface area contributed by atoms with Crippen LogP contribution in [0.2, 0.25) is 0 Å². The molecule has 0 saturated carbocycles. The molecule has 2 amide bonds. The number of rotatable bonds is 3. The second-order valence-corrected chi connectivity index (χ2v) is 6.57. The van der Waals surface area contributed by atoms with Crippen molar-refractivity contribution < 1.29 is 9.59 Å². The van der Waals surface area contributed by atoms with Crippen LogP contribution in [-0.2, 0) is 4.79 Å². The van der Waals surface area contributed by atoms with Crippen molar-refractivity contribution in [2.75, 3.05) is 23.3 Å². The SMILES string of the molecule is NC(=O)c1cc2c(cc1N1CCCC1)NC(=O)CC2c1ccccn1. The molecule has 1 atom stereocenters. The van der Waals surface area contributed by atoms with Crippen molar-refractivity contribution in [2.45, 2.75) is 25.2 Å². The van der Waals surface area contributed by atoms with Crippen molar-refractivity contribution >= 4 is 23.2 Å². The van der Waals surface area contributed by atoms with Crippen LogP contribution in [-0.4, -0.2) is 29.9 Å². The molecule has 3 N–H and O–H groups in total. The van der Waals surface area contributed by atoms with Gasteiger partial charge in [-0.05, 0) is 42.7 Å². The number of benzene rings is 1. The molecule has 0 spiro atoms. The predicted octanol–water partition coefficient (Wildman–Crippen LogP) is 2.25. The first-order valence-corrected chi connectivity index (χ1v) is 8.57. The third-order valence-electron chi connectivity index (χ3n) is 4.96. The van der Waals surface area contributed by atoms with Gasteiger partial charge in [-0.15, -0.1) is 0 Å². The highest BCUT2D eigenvalue weighted by Gasteiger charge is 2.30. The summed E-state index contributed by atoms with van der Waals surface area (Å²) in [5, 5.41) is 2.94. The molecule has 6 nitrogen and oxygen atoms in total. The highest BCUT2D eigenvalue weighted by atomic mass is 16.2. The van der Waals surface area contributed by atoms with Gasteiger partial charge in [-0.1, -0.05) is 6.07 Å². The molecule has 6 heteroatoms. The Labute approximate surface area is 146 Å². The molecule has 0 radical (unpaired) electrons. The van der Waals surface area contributed by atoms with Gasteiger partial charge in [0, 0.05) is 43.0 Å². The van der Waals surface area contributed by atoms with E-state index in [1.54, 1.807) is 6.20 Å². The van der Waals surface area contributed by atoms with Crippen molar-refractivity contribution in [2.24, 2.45) is 5.73 Å². The number of hydrogen-bond donors (Lipinski definition) is 2. The number of nitrogens with zero attached hydrogens (tertiary/aromatic N) is 2. The summed E-state index contributed by atoms with van der Waals surface area (Å²) in [5.74, 6) is -0.653. The van der Waals surface area contributed by atoms with E-state index in [-0.39, 0.29) is 11.8 Å². The van der Waals surface area contributed by atoms with Crippen molar-refractivity contribution in [1.29, 1.82) is 0 Å². The van der Waals surface area contributed by atoms with Crippen molar-refractivity contribution in [3.8, 4) is 0 Å². The summed E-state index contributed by atoms with van der Waals surface area (Å²) in [7, 11) is 0. The van der Waals surface area contributed by atoms with Crippen LogP contribution >= 0.6 is 0 Å². The first-order chi connectivity index (χ1) is 12.1. The monoisotopic (exact) mass is 336 g/mol. The number of amides is 2. The summed E-state index contributed by atoms with van der Waals surface area (Å²) >= 11 is 0. The van der Waals surface area contributed by atoms with Crippen LogP contribution in [0, 0.1) is 0 Å². The summed E-state index contributed by atoms with van der Waals surface area (Å²) in [5.41, 5.74) is 9.45. The molecule has 1 aromatic carbocycles. The minimum atomic E-state index is -0.443. The topological polar surface area (TPSA) is 88.3 Å². The van der Waals surface area contributed by atoms with Gasteiger partial charge in [0.15, 0.2) is 0 Å². The van der Waals surface area contributed by atoms with E-state index < -0.39 is 5.91 Å². The second kappa shape index (κ2) is 6.20. The number of primary amides is 1.